The molecule has 2 heteroatoms. The molecular formula is C7H6OS. The molecule has 0 spiro atoms. The zero-order valence-corrected chi connectivity index (χ0v) is 5.60. The average Bonchev–Trinajstić information content (AvgIpc) is 2.13. The van der Waals surface area contributed by atoms with E-state index in [0.29, 0.717) is 0 Å². The molecule has 0 saturated carbocycles. The van der Waals surface area contributed by atoms with Crippen LogP contribution < -0.4 is 0 Å². The van der Waals surface area contributed by atoms with Gasteiger partial charge in [-0.3, -0.25) is 4.79 Å². The first-order valence-corrected chi connectivity index (χ1v) is 3.52. The monoisotopic (exact) mass is 138 g/mol. The third-order valence-corrected chi connectivity index (χ3v) is 1.53. The van der Waals surface area contributed by atoms with Gasteiger partial charge in [0, 0.05) is 5.57 Å². The number of allylic oxidation sites excluding steroid dienone is 4. The second-order valence-electron chi connectivity index (χ2n) is 1.55. The Balaban J connectivity index is 2.78. The Kier molecular flexibility index (Phi) is 2.33. The van der Waals surface area contributed by atoms with Crippen molar-refractivity contribution in [1.29, 1.82) is 0 Å². The van der Waals surface area contributed by atoms with Crippen LogP contribution in [0.5, 0.6) is 0 Å². The highest BCUT2D eigenvalue weighted by Crippen LogP contribution is 2.10. The second kappa shape index (κ2) is 3.30. The zero-order chi connectivity index (χ0) is 6.53. The van der Waals surface area contributed by atoms with Crippen LogP contribution in [0.2, 0.25) is 0 Å². The molecule has 1 rings (SSSR count). The largest absolute Gasteiger partial charge is 0.298 e. The highest BCUT2D eigenvalue weighted by molar-refractivity contribution is 8.04. The van der Waals surface area contributed by atoms with E-state index in [9.17, 15) is 4.79 Å². The van der Waals surface area contributed by atoms with Crippen molar-refractivity contribution in [2.24, 2.45) is 0 Å². The van der Waals surface area contributed by atoms with Gasteiger partial charge in [0.25, 0.3) is 0 Å². The van der Waals surface area contributed by atoms with Crippen molar-refractivity contribution < 1.29 is 4.79 Å². The molecule has 0 atom stereocenters. The van der Waals surface area contributed by atoms with Gasteiger partial charge in [-0.05, 0) is 16.9 Å². The van der Waals surface area contributed by atoms with Crippen molar-refractivity contribution in [3.8, 4) is 0 Å². The Labute approximate surface area is 58.1 Å². The first-order valence-electron chi connectivity index (χ1n) is 2.57. The second-order valence-corrected chi connectivity index (χ2v) is 2.37. The summed E-state index contributed by atoms with van der Waals surface area (Å²) in [4.78, 5) is 10.2. The van der Waals surface area contributed by atoms with E-state index in [-0.39, 0.29) is 0 Å². The summed E-state index contributed by atoms with van der Waals surface area (Å²) in [5.74, 6) is 0. The van der Waals surface area contributed by atoms with Crippen molar-refractivity contribution in [1.82, 2.24) is 0 Å². The van der Waals surface area contributed by atoms with Gasteiger partial charge in [-0.1, -0.05) is 12.2 Å². The van der Waals surface area contributed by atoms with Crippen LogP contribution in [0.3, 0.4) is 0 Å². The Morgan fingerprint density at radius 2 is 2.33 bits per heavy atom. The van der Waals surface area contributed by atoms with Crippen LogP contribution in [0.15, 0.2) is 34.6 Å². The molecule has 1 aliphatic heterocycles. The predicted octanol–water partition coefficient (Wildman–Crippen LogP) is 1.89. The predicted molar refractivity (Wildman–Crippen MR) is 40.0 cm³/mol. The van der Waals surface area contributed by atoms with E-state index < -0.39 is 0 Å². The molecule has 0 aromatic rings. The van der Waals surface area contributed by atoms with Crippen molar-refractivity contribution in [3.63, 3.8) is 0 Å². The van der Waals surface area contributed by atoms with Gasteiger partial charge in [-0.25, -0.2) is 0 Å². The number of carbonyl (C=O) groups is 1. The lowest BCUT2D eigenvalue weighted by molar-refractivity contribution is -0.104. The van der Waals surface area contributed by atoms with Crippen LogP contribution in [0.4, 0.5) is 0 Å². The molecule has 0 unspecified atom stereocenters. The third kappa shape index (κ3) is 1.90. The summed E-state index contributed by atoms with van der Waals surface area (Å²) in [5, 5.41) is 3.80. The molecule has 1 aliphatic rings. The summed E-state index contributed by atoms with van der Waals surface area (Å²) in [5.41, 5.74) is 0.719. The van der Waals surface area contributed by atoms with Crippen LogP contribution in [-0.2, 0) is 4.79 Å². The molecule has 0 aromatic heterocycles. The van der Waals surface area contributed by atoms with E-state index in [2.05, 4.69) is 0 Å². The Morgan fingerprint density at radius 3 is 3.11 bits per heavy atom. The summed E-state index contributed by atoms with van der Waals surface area (Å²) in [6.45, 7) is 0. The van der Waals surface area contributed by atoms with Gasteiger partial charge in [0.2, 0.25) is 0 Å². The molecule has 0 saturated heterocycles. The van der Waals surface area contributed by atoms with E-state index in [4.69, 9.17) is 0 Å². The smallest absolute Gasteiger partial charge is 0.150 e. The van der Waals surface area contributed by atoms with Gasteiger partial charge in [0.1, 0.15) is 6.29 Å². The van der Waals surface area contributed by atoms with Crippen LogP contribution >= 0.6 is 11.8 Å². The summed E-state index contributed by atoms with van der Waals surface area (Å²) in [6.07, 6.45) is 6.27. The van der Waals surface area contributed by atoms with Gasteiger partial charge < -0.3 is 0 Å². The maximum Gasteiger partial charge on any atom is 0.150 e. The molecule has 0 N–H and O–H groups in total. The minimum atomic E-state index is 0.719. The fourth-order valence-electron chi connectivity index (χ4n) is 0.493. The molecule has 9 heavy (non-hydrogen) atoms. The number of rotatable bonds is 1. The first-order chi connectivity index (χ1) is 4.43. The quantitative estimate of drug-likeness (QED) is 0.515. The SMILES string of the molecule is O=CC1=CC=CSC=C1. The topological polar surface area (TPSA) is 17.1 Å². The minimum Gasteiger partial charge on any atom is -0.298 e. The van der Waals surface area contributed by atoms with E-state index in [1.807, 2.05) is 16.9 Å². The lowest BCUT2D eigenvalue weighted by Gasteiger charge is -1.79. The third-order valence-electron chi connectivity index (χ3n) is 0.921. The van der Waals surface area contributed by atoms with Crippen molar-refractivity contribution in [3.05, 3.63) is 34.6 Å². The molecule has 0 aromatic carbocycles. The van der Waals surface area contributed by atoms with E-state index in [1.54, 1.807) is 23.9 Å². The summed E-state index contributed by atoms with van der Waals surface area (Å²) < 4.78 is 0. The molecule has 0 bridgehead atoms. The highest BCUT2D eigenvalue weighted by atomic mass is 32.2. The van der Waals surface area contributed by atoms with Crippen LogP contribution in [0.25, 0.3) is 0 Å². The summed E-state index contributed by atoms with van der Waals surface area (Å²) in [6, 6.07) is 0. The lowest BCUT2D eigenvalue weighted by atomic mass is 10.3. The maximum atomic E-state index is 10.2. The fraction of sp³-hybridized carbons (Fsp3) is 0. The molecule has 0 aliphatic carbocycles. The van der Waals surface area contributed by atoms with E-state index in [1.165, 1.54) is 0 Å². The number of hydrogen-bond acceptors (Lipinski definition) is 2. The fourth-order valence-corrected chi connectivity index (χ4v) is 0.989. The average molecular weight is 138 g/mol. The minimum absolute atomic E-state index is 0.719. The molecule has 0 fully saturated rings. The summed E-state index contributed by atoms with van der Waals surface area (Å²) >= 11 is 1.56. The molecule has 46 valence electrons. The van der Waals surface area contributed by atoms with Crippen molar-refractivity contribution in [2.75, 3.05) is 0 Å². The first kappa shape index (κ1) is 6.36. The summed E-state index contributed by atoms with van der Waals surface area (Å²) in [7, 11) is 0. The van der Waals surface area contributed by atoms with Gasteiger partial charge in [0.15, 0.2) is 0 Å². The standard InChI is InChI=1S/C7H6OS/c8-6-7-2-1-4-9-5-3-7/h1-6H. The Morgan fingerprint density at radius 1 is 1.44 bits per heavy atom. The number of aldehydes is 1. The molecule has 0 amide bonds. The van der Waals surface area contributed by atoms with Gasteiger partial charge in [-0.15, -0.1) is 11.8 Å². The normalized spacial score (nSPS) is 16.7. The lowest BCUT2D eigenvalue weighted by Crippen LogP contribution is -1.74. The van der Waals surface area contributed by atoms with Gasteiger partial charge >= 0.3 is 0 Å². The van der Waals surface area contributed by atoms with Crippen LogP contribution in [0, 0.1) is 0 Å². The van der Waals surface area contributed by atoms with Crippen molar-refractivity contribution in [2.45, 2.75) is 0 Å². The van der Waals surface area contributed by atoms with E-state index in [0.717, 1.165) is 11.9 Å². The molecular weight excluding hydrogens is 132 g/mol. The Bertz CT molecular complexity index is 189. The highest BCUT2D eigenvalue weighted by Gasteiger charge is 1.87. The van der Waals surface area contributed by atoms with Gasteiger partial charge in [0.05, 0.1) is 0 Å². The Hall–Kier alpha value is -0.760. The van der Waals surface area contributed by atoms with Crippen LogP contribution in [-0.4, -0.2) is 6.29 Å². The molecule has 0 radical (unpaired) electrons. The van der Waals surface area contributed by atoms with Crippen molar-refractivity contribution >= 4 is 18.0 Å². The zero-order valence-electron chi connectivity index (χ0n) is 4.78. The van der Waals surface area contributed by atoms with Gasteiger partial charge in [-0.2, -0.15) is 0 Å². The van der Waals surface area contributed by atoms with Crippen LogP contribution in [0.1, 0.15) is 0 Å². The number of hydrogen-bond donors (Lipinski definition) is 0. The number of carbonyl (C=O) groups excluding carboxylic acids is 1. The van der Waals surface area contributed by atoms with E-state index >= 15 is 0 Å². The molecule has 1 nitrogen and oxygen atoms in total. The maximum absolute atomic E-state index is 10.2. The number of thioether (sulfide) groups is 1. The molecule has 1 heterocycles.